The maximum absolute atomic E-state index is 5.79. The minimum absolute atomic E-state index is 0. The van der Waals surface area contributed by atoms with Gasteiger partial charge in [0, 0.05) is 10.9 Å². The van der Waals surface area contributed by atoms with E-state index < -0.39 is 0 Å². The van der Waals surface area contributed by atoms with Crippen LogP contribution in [0.15, 0.2) is 29.6 Å². The molecule has 5 heteroatoms. The molecule has 1 unspecified atom stereocenters. The third-order valence-corrected chi connectivity index (χ3v) is 3.34. The third kappa shape index (κ3) is 2.97. The highest BCUT2D eigenvalue weighted by molar-refractivity contribution is 7.10. The Bertz CT molecular complexity index is 485. The number of nitrogens with two attached hydrogens (primary N) is 1. The molecular weight excluding hydrogens is 256 g/mol. The topological polar surface area (TPSA) is 48.1 Å². The lowest BCUT2D eigenvalue weighted by Crippen LogP contribution is -2.03. The molecule has 2 N–H and O–H groups in total. The lowest BCUT2D eigenvalue weighted by Gasteiger charge is -2.05. The van der Waals surface area contributed by atoms with Gasteiger partial charge in [0.1, 0.15) is 10.8 Å². The van der Waals surface area contributed by atoms with Crippen LogP contribution in [0.5, 0.6) is 5.75 Å². The van der Waals surface area contributed by atoms with Gasteiger partial charge in [-0.05, 0) is 19.1 Å². The number of thiazole rings is 1. The maximum atomic E-state index is 5.79. The number of hydrogen-bond donors (Lipinski definition) is 1. The van der Waals surface area contributed by atoms with Crippen LogP contribution in [0.3, 0.4) is 0 Å². The van der Waals surface area contributed by atoms with Gasteiger partial charge in [0.15, 0.2) is 0 Å². The number of ether oxygens (including phenoxy) is 1. The fourth-order valence-electron chi connectivity index (χ4n) is 1.48. The molecule has 2 aromatic rings. The van der Waals surface area contributed by atoms with Crippen molar-refractivity contribution in [1.29, 1.82) is 0 Å². The molecule has 3 nitrogen and oxygen atoms in total. The highest BCUT2D eigenvalue weighted by atomic mass is 35.5. The number of benzene rings is 1. The third-order valence-electron chi connectivity index (χ3n) is 2.29. The quantitative estimate of drug-likeness (QED) is 0.931. The first kappa shape index (κ1) is 14.0. The number of methoxy groups -OCH3 is 1. The molecule has 0 bridgehead atoms. The zero-order valence-electron chi connectivity index (χ0n) is 9.71. The Labute approximate surface area is 111 Å². The lowest BCUT2D eigenvalue weighted by atomic mass is 10.1. The molecule has 17 heavy (non-hydrogen) atoms. The van der Waals surface area contributed by atoms with E-state index in [1.165, 1.54) is 0 Å². The molecule has 1 heterocycles. The van der Waals surface area contributed by atoms with E-state index in [1.807, 2.05) is 36.6 Å². The first-order valence-corrected chi connectivity index (χ1v) is 5.94. The van der Waals surface area contributed by atoms with Gasteiger partial charge in [0.05, 0.1) is 18.8 Å². The standard InChI is InChI=1S/C12H14N2OS.ClH/c1-8(13)12-14-10(7-16-12)9-5-3-4-6-11(9)15-2;/h3-8H,13H2,1-2H3;1H. The molecular formula is C12H15ClN2OS. The van der Waals surface area contributed by atoms with Crippen molar-refractivity contribution >= 4 is 23.7 Å². The highest BCUT2D eigenvalue weighted by Crippen LogP contribution is 2.31. The van der Waals surface area contributed by atoms with Crippen LogP contribution in [-0.4, -0.2) is 12.1 Å². The number of aromatic nitrogens is 1. The van der Waals surface area contributed by atoms with Crippen molar-refractivity contribution in [3.05, 3.63) is 34.7 Å². The fourth-order valence-corrected chi connectivity index (χ4v) is 2.25. The molecule has 1 atom stereocenters. The second kappa shape index (κ2) is 6.00. The molecule has 1 aromatic carbocycles. The van der Waals surface area contributed by atoms with Crippen molar-refractivity contribution in [2.75, 3.05) is 7.11 Å². The summed E-state index contributed by atoms with van der Waals surface area (Å²) in [6.07, 6.45) is 0. The van der Waals surface area contributed by atoms with Crippen LogP contribution >= 0.6 is 23.7 Å². The minimum Gasteiger partial charge on any atom is -0.496 e. The minimum atomic E-state index is -0.0199. The van der Waals surface area contributed by atoms with Gasteiger partial charge in [-0.3, -0.25) is 0 Å². The summed E-state index contributed by atoms with van der Waals surface area (Å²) >= 11 is 1.58. The van der Waals surface area contributed by atoms with Gasteiger partial charge in [0.2, 0.25) is 0 Å². The van der Waals surface area contributed by atoms with E-state index in [0.717, 1.165) is 22.0 Å². The molecule has 0 amide bonds. The number of para-hydroxylation sites is 1. The number of rotatable bonds is 3. The van der Waals surface area contributed by atoms with Gasteiger partial charge in [-0.2, -0.15) is 0 Å². The predicted octanol–water partition coefficient (Wildman–Crippen LogP) is 3.26. The summed E-state index contributed by atoms with van der Waals surface area (Å²) in [6, 6.07) is 7.83. The van der Waals surface area contributed by atoms with Crippen LogP contribution in [0, 0.1) is 0 Å². The van der Waals surface area contributed by atoms with E-state index in [1.54, 1.807) is 18.4 Å². The molecule has 0 aliphatic rings. The molecule has 0 spiro atoms. The average Bonchev–Trinajstić information content (AvgIpc) is 2.78. The number of hydrogen-bond acceptors (Lipinski definition) is 4. The van der Waals surface area contributed by atoms with E-state index in [-0.39, 0.29) is 18.4 Å². The summed E-state index contributed by atoms with van der Waals surface area (Å²) < 4.78 is 5.30. The molecule has 0 saturated carbocycles. The van der Waals surface area contributed by atoms with Gasteiger partial charge in [-0.25, -0.2) is 4.98 Å². The van der Waals surface area contributed by atoms with E-state index in [0.29, 0.717) is 0 Å². The van der Waals surface area contributed by atoms with Gasteiger partial charge in [-0.15, -0.1) is 23.7 Å². The second-order valence-electron chi connectivity index (χ2n) is 3.56. The zero-order valence-corrected chi connectivity index (χ0v) is 11.3. The molecule has 0 aliphatic carbocycles. The van der Waals surface area contributed by atoms with Crippen LogP contribution in [0.2, 0.25) is 0 Å². The lowest BCUT2D eigenvalue weighted by molar-refractivity contribution is 0.416. The summed E-state index contributed by atoms with van der Waals surface area (Å²) in [7, 11) is 1.66. The van der Waals surface area contributed by atoms with Crippen molar-refractivity contribution < 1.29 is 4.74 Å². The summed E-state index contributed by atoms with van der Waals surface area (Å²) in [5.41, 5.74) is 7.73. The maximum Gasteiger partial charge on any atom is 0.128 e. The molecule has 0 radical (unpaired) electrons. The summed E-state index contributed by atoms with van der Waals surface area (Å²) in [4.78, 5) is 4.50. The molecule has 0 aliphatic heterocycles. The molecule has 1 aromatic heterocycles. The number of nitrogens with zero attached hydrogens (tertiary/aromatic N) is 1. The smallest absolute Gasteiger partial charge is 0.128 e. The van der Waals surface area contributed by atoms with E-state index in [9.17, 15) is 0 Å². The van der Waals surface area contributed by atoms with Gasteiger partial charge >= 0.3 is 0 Å². The SMILES string of the molecule is COc1ccccc1-c1csc(C(C)N)n1.Cl. The first-order valence-electron chi connectivity index (χ1n) is 5.06. The van der Waals surface area contributed by atoms with Crippen molar-refractivity contribution in [2.45, 2.75) is 13.0 Å². The predicted molar refractivity (Wildman–Crippen MR) is 74.0 cm³/mol. The van der Waals surface area contributed by atoms with Gasteiger partial charge in [0.25, 0.3) is 0 Å². The Morgan fingerprint density at radius 1 is 1.35 bits per heavy atom. The fraction of sp³-hybridized carbons (Fsp3) is 0.250. The monoisotopic (exact) mass is 270 g/mol. The largest absolute Gasteiger partial charge is 0.496 e. The Morgan fingerprint density at radius 2 is 2.06 bits per heavy atom. The van der Waals surface area contributed by atoms with Crippen LogP contribution in [0.1, 0.15) is 18.0 Å². The first-order chi connectivity index (χ1) is 7.72. The highest BCUT2D eigenvalue weighted by Gasteiger charge is 2.10. The normalized spacial score (nSPS) is 11.7. The van der Waals surface area contributed by atoms with Gasteiger partial charge < -0.3 is 10.5 Å². The van der Waals surface area contributed by atoms with E-state index in [2.05, 4.69) is 4.98 Å². The zero-order chi connectivity index (χ0) is 11.5. The summed E-state index contributed by atoms with van der Waals surface area (Å²) in [6.45, 7) is 1.94. The Hall–Kier alpha value is -1.10. The summed E-state index contributed by atoms with van der Waals surface area (Å²) in [5.74, 6) is 0.837. The number of halogens is 1. The molecule has 0 saturated heterocycles. The van der Waals surface area contributed by atoms with E-state index in [4.69, 9.17) is 10.5 Å². The van der Waals surface area contributed by atoms with Crippen molar-refractivity contribution in [2.24, 2.45) is 5.73 Å². The average molecular weight is 271 g/mol. The van der Waals surface area contributed by atoms with Crippen LogP contribution in [0.4, 0.5) is 0 Å². The Kier molecular flexibility index (Phi) is 4.93. The molecule has 92 valence electrons. The van der Waals surface area contributed by atoms with Crippen molar-refractivity contribution in [3.63, 3.8) is 0 Å². The Balaban J connectivity index is 0.00000144. The molecule has 2 rings (SSSR count). The molecule has 0 fully saturated rings. The summed E-state index contributed by atoms with van der Waals surface area (Å²) in [5, 5.41) is 2.96. The van der Waals surface area contributed by atoms with Crippen molar-refractivity contribution in [1.82, 2.24) is 4.98 Å². The van der Waals surface area contributed by atoms with Gasteiger partial charge in [-0.1, -0.05) is 12.1 Å². The van der Waals surface area contributed by atoms with Crippen LogP contribution in [0.25, 0.3) is 11.3 Å². The second-order valence-corrected chi connectivity index (χ2v) is 4.45. The Morgan fingerprint density at radius 3 is 2.65 bits per heavy atom. The van der Waals surface area contributed by atoms with E-state index >= 15 is 0 Å². The van der Waals surface area contributed by atoms with Crippen LogP contribution in [-0.2, 0) is 0 Å². The van der Waals surface area contributed by atoms with Crippen molar-refractivity contribution in [3.8, 4) is 17.0 Å². The van der Waals surface area contributed by atoms with Crippen LogP contribution < -0.4 is 10.5 Å².